The average Bonchev–Trinajstić information content (AvgIpc) is 3.80. The standard InChI is InChI=1S/C43H24N6/c1-45-28-19-23-38-35(25-28)33-21-20-32-30-12-5-8-15-37(30)49(43(32)42(33)47(38)29-10-3-2-4-11-29)41-17-9-16-40(46-41)48-36-14-7-6-13-31(36)34-24-27(26-44)18-22-39(34)48/h2-25H. The number of hydrogen-bond acceptors (Lipinski definition) is 2. The molecule has 0 unspecified atom stereocenters. The highest BCUT2D eigenvalue weighted by Gasteiger charge is 2.22. The summed E-state index contributed by atoms with van der Waals surface area (Å²) in [5.74, 6) is 1.58. The molecule has 0 aliphatic rings. The van der Waals surface area contributed by atoms with E-state index in [1.165, 1.54) is 0 Å². The largest absolute Gasteiger partial charge is 0.307 e. The summed E-state index contributed by atoms with van der Waals surface area (Å²) >= 11 is 0. The van der Waals surface area contributed by atoms with E-state index in [-0.39, 0.29) is 0 Å². The van der Waals surface area contributed by atoms with Crippen LogP contribution in [0.15, 0.2) is 146 Å². The molecule has 0 spiro atoms. The Balaban J connectivity index is 1.34. The molecule has 0 atom stereocenters. The smallest absolute Gasteiger partial charge is 0.188 e. The Kier molecular flexibility index (Phi) is 5.61. The molecule has 0 saturated carbocycles. The molecule has 6 heteroatoms. The van der Waals surface area contributed by atoms with E-state index in [4.69, 9.17) is 11.6 Å². The predicted molar refractivity (Wildman–Crippen MR) is 198 cm³/mol. The van der Waals surface area contributed by atoms with Crippen molar-refractivity contribution in [3.63, 3.8) is 0 Å². The Morgan fingerprint density at radius 1 is 0.490 bits per heavy atom. The zero-order valence-corrected chi connectivity index (χ0v) is 26.0. The van der Waals surface area contributed by atoms with Gasteiger partial charge in [0.25, 0.3) is 0 Å². The van der Waals surface area contributed by atoms with Gasteiger partial charge < -0.3 is 4.57 Å². The zero-order valence-electron chi connectivity index (χ0n) is 26.0. The summed E-state index contributed by atoms with van der Waals surface area (Å²) in [4.78, 5) is 9.17. The topological polar surface area (TPSA) is 55.8 Å². The van der Waals surface area contributed by atoms with Gasteiger partial charge in [0, 0.05) is 32.6 Å². The van der Waals surface area contributed by atoms with Crippen LogP contribution in [0.5, 0.6) is 0 Å². The van der Waals surface area contributed by atoms with Crippen LogP contribution in [0.3, 0.4) is 0 Å². The molecule has 0 bridgehead atoms. The zero-order chi connectivity index (χ0) is 32.6. The van der Waals surface area contributed by atoms with Crippen LogP contribution in [0.4, 0.5) is 5.69 Å². The van der Waals surface area contributed by atoms with E-state index in [0.29, 0.717) is 11.3 Å². The lowest BCUT2D eigenvalue weighted by molar-refractivity contribution is 1.01. The van der Waals surface area contributed by atoms with E-state index in [1.54, 1.807) is 0 Å². The van der Waals surface area contributed by atoms with Gasteiger partial charge in [0.1, 0.15) is 11.6 Å². The fraction of sp³-hybridized carbons (Fsp3) is 0. The summed E-state index contributed by atoms with van der Waals surface area (Å²) in [6.45, 7) is 7.74. The Morgan fingerprint density at radius 3 is 1.82 bits per heavy atom. The molecule has 6 nitrogen and oxygen atoms in total. The Labute approximate surface area is 280 Å². The molecule has 0 N–H and O–H groups in total. The number of nitriles is 1. The highest BCUT2D eigenvalue weighted by molar-refractivity contribution is 6.24. The monoisotopic (exact) mass is 624 g/mol. The molecular weight excluding hydrogens is 601 g/mol. The quantitative estimate of drug-likeness (QED) is 0.184. The molecule has 6 aromatic carbocycles. The molecule has 49 heavy (non-hydrogen) atoms. The van der Waals surface area contributed by atoms with Crippen molar-refractivity contribution in [2.24, 2.45) is 0 Å². The molecule has 0 radical (unpaired) electrons. The predicted octanol–water partition coefficient (Wildman–Crippen LogP) is 10.8. The van der Waals surface area contributed by atoms with Crippen molar-refractivity contribution < 1.29 is 0 Å². The molecule has 0 saturated heterocycles. The van der Waals surface area contributed by atoms with Crippen molar-refractivity contribution in [3.8, 4) is 23.4 Å². The van der Waals surface area contributed by atoms with Crippen molar-refractivity contribution in [2.45, 2.75) is 0 Å². The number of nitrogens with zero attached hydrogens (tertiary/aromatic N) is 6. The molecule has 0 amide bonds. The van der Waals surface area contributed by atoms with E-state index in [9.17, 15) is 5.26 Å². The van der Waals surface area contributed by atoms with E-state index in [2.05, 4.69) is 116 Å². The lowest BCUT2D eigenvalue weighted by Crippen LogP contribution is -2.04. The first kappa shape index (κ1) is 27.0. The lowest BCUT2D eigenvalue weighted by Gasteiger charge is -2.13. The third kappa shape index (κ3) is 3.77. The number of hydrogen-bond donors (Lipinski definition) is 0. The molecule has 10 rings (SSSR count). The van der Waals surface area contributed by atoms with Crippen LogP contribution in [0.25, 0.3) is 87.6 Å². The second-order valence-electron chi connectivity index (χ2n) is 12.2. The van der Waals surface area contributed by atoms with Gasteiger partial charge in [-0.05, 0) is 72.1 Å². The molecule has 4 aromatic heterocycles. The summed E-state index contributed by atoms with van der Waals surface area (Å²) < 4.78 is 6.79. The SMILES string of the molecule is [C-]#[N+]c1ccc2c(c1)c1ccc3c4ccccc4n(-c4cccc(-n5c6ccccc6c6cc(C#N)ccc65)n4)c3c1n2-c1ccccc1. The maximum atomic E-state index is 9.66. The van der Waals surface area contributed by atoms with Crippen LogP contribution in [-0.4, -0.2) is 18.7 Å². The van der Waals surface area contributed by atoms with Crippen LogP contribution in [0.1, 0.15) is 5.56 Å². The van der Waals surface area contributed by atoms with Gasteiger partial charge in [-0.15, -0.1) is 0 Å². The first-order chi connectivity index (χ1) is 24.2. The fourth-order valence-electron chi connectivity index (χ4n) is 7.64. The third-order valence-electron chi connectivity index (χ3n) is 9.67. The van der Waals surface area contributed by atoms with Crippen LogP contribution < -0.4 is 0 Å². The van der Waals surface area contributed by atoms with Gasteiger partial charge in [-0.25, -0.2) is 9.83 Å². The first-order valence-electron chi connectivity index (χ1n) is 16.1. The molecular formula is C43H24N6. The summed E-state index contributed by atoms with van der Waals surface area (Å²) in [6.07, 6.45) is 0. The Bertz CT molecular complexity index is 3070. The number of para-hydroxylation sites is 3. The van der Waals surface area contributed by atoms with E-state index in [0.717, 1.165) is 82.7 Å². The minimum atomic E-state index is 0.614. The second kappa shape index (κ2) is 10.2. The van der Waals surface area contributed by atoms with Crippen molar-refractivity contribution in [3.05, 3.63) is 163 Å². The minimum Gasteiger partial charge on any atom is -0.307 e. The van der Waals surface area contributed by atoms with Crippen LogP contribution in [0, 0.1) is 17.9 Å². The maximum absolute atomic E-state index is 9.66. The van der Waals surface area contributed by atoms with E-state index in [1.807, 2.05) is 54.6 Å². The van der Waals surface area contributed by atoms with Crippen LogP contribution in [-0.2, 0) is 0 Å². The number of benzene rings is 6. The Hall–Kier alpha value is -7.15. The molecule has 226 valence electrons. The highest BCUT2D eigenvalue weighted by atomic mass is 15.1. The maximum Gasteiger partial charge on any atom is 0.188 e. The molecule has 0 aliphatic heterocycles. The van der Waals surface area contributed by atoms with Gasteiger partial charge in [0.15, 0.2) is 5.69 Å². The molecule has 10 aromatic rings. The van der Waals surface area contributed by atoms with Crippen molar-refractivity contribution >= 4 is 71.1 Å². The lowest BCUT2D eigenvalue weighted by atomic mass is 10.1. The molecule has 4 heterocycles. The Morgan fingerprint density at radius 2 is 1.06 bits per heavy atom. The van der Waals surface area contributed by atoms with Crippen molar-refractivity contribution in [2.75, 3.05) is 0 Å². The summed E-state index contributed by atoms with van der Waals surface area (Å²) in [5, 5.41) is 16.1. The average molecular weight is 625 g/mol. The summed E-state index contributed by atoms with van der Waals surface area (Å²) in [5.41, 5.74) is 8.52. The van der Waals surface area contributed by atoms with Crippen molar-refractivity contribution in [1.29, 1.82) is 5.26 Å². The number of pyridine rings is 1. The summed E-state index contributed by atoms with van der Waals surface area (Å²) in [7, 11) is 0. The van der Waals surface area contributed by atoms with Gasteiger partial charge in [-0.1, -0.05) is 78.9 Å². The van der Waals surface area contributed by atoms with Gasteiger partial charge in [-0.3, -0.25) is 9.13 Å². The summed E-state index contributed by atoms with van der Waals surface area (Å²) in [6, 6.07) is 51.9. The highest BCUT2D eigenvalue weighted by Crippen LogP contribution is 2.42. The van der Waals surface area contributed by atoms with Gasteiger partial charge >= 0.3 is 0 Å². The van der Waals surface area contributed by atoms with Crippen LogP contribution >= 0.6 is 0 Å². The molecule has 0 aliphatic carbocycles. The van der Waals surface area contributed by atoms with E-state index < -0.39 is 0 Å². The number of fused-ring (bicyclic) bond motifs is 10. The minimum absolute atomic E-state index is 0.614. The van der Waals surface area contributed by atoms with Gasteiger partial charge in [0.05, 0.1) is 51.3 Å². The first-order valence-corrected chi connectivity index (χ1v) is 16.1. The van der Waals surface area contributed by atoms with Crippen molar-refractivity contribution in [1.82, 2.24) is 18.7 Å². The van der Waals surface area contributed by atoms with Crippen LogP contribution in [0.2, 0.25) is 0 Å². The van der Waals surface area contributed by atoms with E-state index >= 15 is 0 Å². The normalized spacial score (nSPS) is 11.6. The third-order valence-corrected chi connectivity index (χ3v) is 9.67. The fourth-order valence-corrected chi connectivity index (χ4v) is 7.64. The molecule has 0 fully saturated rings. The number of rotatable bonds is 3. The second-order valence-corrected chi connectivity index (χ2v) is 12.2. The van der Waals surface area contributed by atoms with Gasteiger partial charge in [0.2, 0.25) is 0 Å². The van der Waals surface area contributed by atoms with Gasteiger partial charge in [-0.2, -0.15) is 5.26 Å². The number of aromatic nitrogens is 4.